The van der Waals surface area contributed by atoms with E-state index in [0.29, 0.717) is 5.56 Å². The molecule has 1 N–H and O–H groups in total. The minimum atomic E-state index is -1.39. The Hall–Kier alpha value is -1.94. The average molecular weight is 284 g/mol. The molecule has 0 spiro atoms. The quantitative estimate of drug-likeness (QED) is 0.918. The van der Waals surface area contributed by atoms with Crippen LogP contribution in [0.5, 0.6) is 0 Å². The second-order valence-electron chi connectivity index (χ2n) is 5.77. The lowest BCUT2D eigenvalue weighted by Gasteiger charge is -2.33. The number of imidazole rings is 1. The Bertz CT molecular complexity index is 589. The molecule has 21 heavy (non-hydrogen) atoms. The fourth-order valence-electron chi connectivity index (χ4n) is 3.33. The second-order valence-corrected chi connectivity index (χ2v) is 5.77. The van der Waals surface area contributed by atoms with Gasteiger partial charge in [0.2, 0.25) is 0 Å². The number of aromatic nitrogens is 2. The van der Waals surface area contributed by atoms with Gasteiger partial charge in [-0.15, -0.1) is 0 Å². The Morgan fingerprint density at radius 2 is 2.00 bits per heavy atom. The molecule has 2 aromatic rings. The lowest BCUT2D eigenvalue weighted by Crippen LogP contribution is -2.44. The SMILES string of the molecule is O=C(Cn1ccnc1)C(O)(c1ccccc1)C1CCCC1. The molecule has 1 saturated carbocycles. The number of benzene rings is 1. The number of nitrogens with zero attached hydrogens (tertiary/aromatic N) is 2. The highest BCUT2D eigenvalue weighted by molar-refractivity contribution is 5.88. The van der Waals surface area contributed by atoms with E-state index in [1.54, 1.807) is 23.3 Å². The molecule has 4 nitrogen and oxygen atoms in total. The number of carbonyl (C=O) groups is 1. The van der Waals surface area contributed by atoms with Gasteiger partial charge >= 0.3 is 0 Å². The van der Waals surface area contributed by atoms with Crippen molar-refractivity contribution in [3.8, 4) is 0 Å². The molecule has 0 amide bonds. The lowest BCUT2D eigenvalue weighted by atomic mass is 9.77. The van der Waals surface area contributed by atoms with Gasteiger partial charge < -0.3 is 9.67 Å². The highest BCUT2D eigenvalue weighted by Gasteiger charge is 2.45. The van der Waals surface area contributed by atoms with Crippen molar-refractivity contribution in [2.24, 2.45) is 5.92 Å². The first kappa shape index (κ1) is 14.0. The Morgan fingerprint density at radius 1 is 1.29 bits per heavy atom. The molecule has 1 aromatic carbocycles. The van der Waals surface area contributed by atoms with Crippen LogP contribution >= 0.6 is 0 Å². The van der Waals surface area contributed by atoms with Crippen molar-refractivity contribution in [2.75, 3.05) is 0 Å². The van der Waals surface area contributed by atoms with E-state index < -0.39 is 5.60 Å². The van der Waals surface area contributed by atoms with Crippen molar-refractivity contribution in [3.05, 3.63) is 54.6 Å². The summed E-state index contributed by atoms with van der Waals surface area (Å²) in [6, 6.07) is 9.35. The number of ketones is 1. The normalized spacial score (nSPS) is 18.5. The zero-order chi connectivity index (χ0) is 14.7. The first-order valence-corrected chi connectivity index (χ1v) is 7.48. The van der Waals surface area contributed by atoms with E-state index in [1.165, 1.54) is 0 Å². The molecule has 1 atom stereocenters. The Kier molecular flexibility index (Phi) is 3.88. The summed E-state index contributed by atoms with van der Waals surface area (Å²) < 4.78 is 1.71. The zero-order valence-electron chi connectivity index (χ0n) is 12.0. The highest BCUT2D eigenvalue weighted by Crippen LogP contribution is 2.41. The lowest BCUT2D eigenvalue weighted by molar-refractivity contribution is -0.145. The van der Waals surface area contributed by atoms with Gasteiger partial charge in [-0.1, -0.05) is 43.2 Å². The van der Waals surface area contributed by atoms with Crippen molar-refractivity contribution >= 4 is 5.78 Å². The van der Waals surface area contributed by atoms with E-state index in [-0.39, 0.29) is 18.2 Å². The van der Waals surface area contributed by atoms with Gasteiger partial charge in [0.25, 0.3) is 0 Å². The van der Waals surface area contributed by atoms with Crippen LogP contribution in [0.3, 0.4) is 0 Å². The topological polar surface area (TPSA) is 55.1 Å². The molecule has 3 rings (SSSR count). The summed E-state index contributed by atoms with van der Waals surface area (Å²) in [5.74, 6) is -0.144. The monoisotopic (exact) mass is 284 g/mol. The number of hydrogen-bond acceptors (Lipinski definition) is 3. The number of hydrogen-bond donors (Lipinski definition) is 1. The van der Waals surface area contributed by atoms with E-state index in [4.69, 9.17) is 0 Å². The van der Waals surface area contributed by atoms with Crippen LogP contribution in [0.25, 0.3) is 0 Å². The maximum atomic E-state index is 12.8. The summed E-state index contributed by atoms with van der Waals surface area (Å²) in [6.07, 6.45) is 8.97. The van der Waals surface area contributed by atoms with Gasteiger partial charge in [0, 0.05) is 12.4 Å². The molecule has 1 unspecified atom stereocenters. The second kappa shape index (κ2) is 5.82. The molecule has 0 radical (unpaired) electrons. The van der Waals surface area contributed by atoms with Crippen LogP contribution in [-0.2, 0) is 16.9 Å². The van der Waals surface area contributed by atoms with Gasteiger partial charge in [-0.25, -0.2) is 4.98 Å². The molecule has 110 valence electrons. The van der Waals surface area contributed by atoms with Crippen molar-refractivity contribution < 1.29 is 9.90 Å². The maximum absolute atomic E-state index is 12.8. The fourth-order valence-corrected chi connectivity index (χ4v) is 3.33. The average Bonchev–Trinajstić information content (AvgIpc) is 3.20. The molecule has 1 aromatic heterocycles. The highest BCUT2D eigenvalue weighted by atomic mass is 16.3. The Labute approximate surface area is 124 Å². The summed E-state index contributed by atoms with van der Waals surface area (Å²) in [4.78, 5) is 16.8. The molecule has 1 heterocycles. The maximum Gasteiger partial charge on any atom is 0.188 e. The molecular formula is C17H20N2O2. The van der Waals surface area contributed by atoms with E-state index in [2.05, 4.69) is 4.98 Å². The minimum Gasteiger partial charge on any atom is -0.377 e. The third-order valence-electron chi connectivity index (χ3n) is 4.47. The number of Topliss-reactive ketones (excluding diaryl/α,β-unsaturated/α-hetero) is 1. The van der Waals surface area contributed by atoms with Gasteiger partial charge in [-0.2, -0.15) is 0 Å². The number of rotatable bonds is 5. The van der Waals surface area contributed by atoms with Crippen molar-refractivity contribution in [2.45, 2.75) is 37.8 Å². The van der Waals surface area contributed by atoms with Gasteiger partial charge in [0.05, 0.1) is 12.9 Å². The third kappa shape index (κ3) is 2.63. The number of aliphatic hydroxyl groups is 1. The van der Waals surface area contributed by atoms with Crippen LogP contribution in [0.15, 0.2) is 49.1 Å². The third-order valence-corrected chi connectivity index (χ3v) is 4.47. The van der Waals surface area contributed by atoms with Crippen LogP contribution in [-0.4, -0.2) is 20.4 Å². The fraction of sp³-hybridized carbons (Fsp3) is 0.412. The first-order valence-electron chi connectivity index (χ1n) is 7.48. The molecule has 0 bridgehead atoms. The summed E-state index contributed by atoms with van der Waals surface area (Å²) in [5, 5.41) is 11.3. The summed E-state index contributed by atoms with van der Waals surface area (Å²) in [6.45, 7) is 0.155. The van der Waals surface area contributed by atoms with Gasteiger partial charge in [-0.3, -0.25) is 4.79 Å². The Morgan fingerprint density at radius 3 is 2.62 bits per heavy atom. The molecule has 1 fully saturated rings. The van der Waals surface area contributed by atoms with Crippen LogP contribution in [0.2, 0.25) is 0 Å². The molecule has 0 saturated heterocycles. The van der Waals surface area contributed by atoms with Crippen molar-refractivity contribution in [3.63, 3.8) is 0 Å². The van der Waals surface area contributed by atoms with E-state index >= 15 is 0 Å². The standard InChI is InChI=1S/C17H20N2O2/c20-16(12-19-11-10-18-13-19)17(21,15-8-4-5-9-15)14-6-2-1-3-7-14/h1-3,6-7,10-11,13,15,21H,4-5,8-9,12H2. The van der Waals surface area contributed by atoms with Crippen LogP contribution in [0.4, 0.5) is 0 Å². The largest absolute Gasteiger partial charge is 0.377 e. The van der Waals surface area contributed by atoms with Crippen LogP contribution < -0.4 is 0 Å². The predicted octanol–water partition coefficient (Wildman–Crippen LogP) is 2.53. The van der Waals surface area contributed by atoms with Gasteiger partial charge in [-0.05, 0) is 24.3 Å². The summed E-state index contributed by atoms with van der Waals surface area (Å²) in [7, 11) is 0. The Balaban J connectivity index is 1.93. The molecule has 0 aliphatic heterocycles. The number of carbonyl (C=O) groups excluding carboxylic acids is 1. The van der Waals surface area contributed by atoms with Gasteiger partial charge in [0.15, 0.2) is 11.4 Å². The van der Waals surface area contributed by atoms with Crippen LogP contribution in [0.1, 0.15) is 31.2 Å². The smallest absolute Gasteiger partial charge is 0.188 e. The van der Waals surface area contributed by atoms with Crippen molar-refractivity contribution in [1.29, 1.82) is 0 Å². The van der Waals surface area contributed by atoms with E-state index in [1.807, 2.05) is 30.3 Å². The van der Waals surface area contributed by atoms with Crippen LogP contribution in [0, 0.1) is 5.92 Å². The molecule has 1 aliphatic rings. The molecule has 4 heteroatoms. The van der Waals surface area contributed by atoms with Gasteiger partial charge in [0.1, 0.15) is 0 Å². The molecule has 1 aliphatic carbocycles. The minimum absolute atomic E-state index is 0.0101. The van der Waals surface area contributed by atoms with E-state index in [9.17, 15) is 9.90 Å². The predicted molar refractivity (Wildman–Crippen MR) is 79.5 cm³/mol. The zero-order valence-corrected chi connectivity index (χ0v) is 12.0. The summed E-state index contributed by atoms with van der Waals surface area (Å²) >= 11 is 0. The van der Waals surface area contributed by atoms with Crippen molar-refractivity contribution in [1.82, 2.24) is 9.55 Å². The van der Waals surface area contributed by atoms with E-state index in [0.717, 1.165) is 25.7 Å². The first-order chi connectivity index (χ1) is 10.2. The molecular weight excluding hydrogens is 264 g/mol. The summed E-state index contributed by atoms with van der Waals surface area (Å²) in [5.41, 5.74) is -0.677.